The number of aliphatic hydroxyl groups excluding tert-OH is 1. The van der Waals surface area contributed by atoms with Crippen LogP contribution in [0.3, 0.4) is 0 Å². The van der Waals surface area contributed by atoms with Crippen molar-refractivity contribution in [3.05, 3.63) is 11.9 Å². The van der Waals surface area contributed by atoms with Gasteiger partial charge in [0.05, 0.1) is 24.5 Å². The fourth-order valence-corrected chi connectivity index (χ4v) is 5.05. The quantitative estimate of drug-likeness (QED) is 0.581. The Bertz CT molecular complexity index is 885. The number of nitrogens with zero attached hydrogens (tertiary/aromatic N) is 4. The molecule has 10 nitrogen and oxygen atoms in total. The molecule has 3 aliphatic rings. The van der Waals surface area contributed by atoms with E-state index in [1.807, 2.05) is 40.8 Å². The van der Waals surface area contributed by atoms with Crippen LogP contribution < -0.4 is 5.32 Å². The van der Waals surface area contributed by atoms with Crippen LogP contribution in [0.1, 0.15) is 78.0 Å². The highest BCUT2D eigenvalue weighted by Crippen LogP contribution is 2.40. The second-order valence-electron chi connectivity index (χ2n) is 11.4. The molecule has 1 saturated carbocycles. The minimum Gasteiger partial charge on any atom is -0.391 e. The van der Waals surface area contributed by atoms with Crippen molar-refractivity contribution in [2.24, 2.45) is 5.41 Å². The Kier molecular flexibility index (Phi) is 7.04. The molecule has 2 saturated heterocycles. The van der Waals surface area contributed by atoms with Crippen LogP contribution in [0.5, 0.6) is 0 Å². The van der Waals surface area contributed by atoms with Crippen molar-refractivity contribution in [3.8, 4) is 0 Å². The van der Waals surface area contributed by atoms with E-state index in [9.17, 15) is 14.7 Å². The zero-order chi connectivity index (χ0) is 24.7. The summed E-state index contributed by atoms with van der Waals surface area (Å²) in [6, 6.07) is -1.39. The van der Waals surface area contributed by atoms with Crippen LogP contribution >= 0.6 is 0 Å². The molecule has 3 fully saturated rings. The Labute approximate surface area is 201 Å². The summed E-state index contributed by atoms with van der Waals surface area (Å²) in [6.07, 6.45) is 4.20. The van der Waals surface area contributed by atoms with Gasteiger partial charge in [-0.25, -0.2) is 4.68 Å². The normalized spacial score (nSPS) is 28.5. The monoisotopic (exact) mass is 477 g/mol. The van der Waals surface area contributed by atoms with E-state index in [0.717, 1.165) is 18.5 Å². The summed E-state index contributed by atoms with van der Waals surface area (Å²) in [6.45, 7) is 11.3. The van der Waals surface area contributed by atoms with Crippen LogP contribution in [0.15, 0.2) is 6.20 Å². The molecular weight excluding hydrogens is 438 g/mol. The average Bonchev–Trinajstić information content (AvgIpc) is 3.12. The molecule has 4 atom stereocenters. The van der Waals surface area contributed by atoms with E-state index in [0.29, 0.717) is 32.1 Å². The van der Waals surface area contributed by atoms with Gasteiger partial charge in [0, 0.05) is 44.7 Å². The second-order valence-corrected chi connectivity index (χ2v) is 11.4. The van der Waals surface area contributed by atoms with Crippen molar-refractivity contribution in [3.63, 3.8) is 0 Å². The number of rotatable bonds is 8. The summed E-state index contributed by atoms with van der Waals surface area (Å²) < 4.78 is 13.3. The van der Waals surface area contributed by atoms with Crippen molar-refractivity contribution < 1.29 is 24.2 Å². The van der Waals surface area contributed by atoms with E-state index in [1.54, 1.807) is 4.68 Å². The van der Waals surface area contributed by atoms with Crippen molar-refractivity contribution >= 4 is 11.8 Å². The largest absolute Gasteiger partial charge is 0.391 e. The maximum absolute atomic E-state index is 13.8. The predicted octanol–water partition coefficient (Wildman–Crippen LogP) is 1.40. The van der Waals surface area contributed by atoms with E-state index in [1.165, 1.54) is 4.90 Å². The predicted molar refractivity (Wildman–Crippen MR) is 124 cm³/mol. The Morgan fingerprint density at radius 2 is 2.09 bits per heavy atom. The lowest BCUT2D eigenvalue weighted by molar-refractivity contribution is -0.144. The molecule has 1 aromatic rings. The van der Waals surface area contributed by atoms with E-state index < -0.39 is 29.2 Å². The Hall–Kier alpha value is -2.04. The highest BCUT2D eigenvalue weighted by atomic mass is 16.6. The van der Waals surface area contributed by atoms with Gasteiger partial charge in [-0.1, -0.05) is 26.0 Å². The molecule has 1 unspecified atom stereocenters. The second kappa shape index (κ2) is 9.54. The fourth-order valence-electron chi connectivity index (χ4n) is 5.05. The van der Waals surface area contributed by atoms with Crippen LogP contribution in [0, 0.1) is 5.41 Å². The fraction of sp³-hybridized carbons (Fsp3) is 0.833. The molecule has 4 rings (SSSR count). The maximum atomic E-state index is 13.8. The van der Waals surface area contributed by atoms with Crippen LogP contribution in [-0.4, -0.2) is 87.0 Å². The first-order valence-corrected chi connectivity index (χ1v) is 12.4. The van der Waals surface area contributed by atoms with Gasteiger partial charge < -0.3 is 24.8 Å². The molecule has 0 aromatic carbocycles. The minimum absolute atomic E-state index is 0.000681. The molecule has 34 heavy (non-hydrogen) atoms. The number of hydrogen-bond acceptors (Lipinski definition) is 7. The van der Waals surface area contributed by atoms with E-state index in [-0.39, 0.29) is 30.9 Å². The lowest BCUT2D eigenvalue weighted by Crippen LogP contribution is -2.53. The number of aliphatic hydroxyl groups is 1. The van der Waals surface area contributed by atoms with Gasteiger partial charge in [-0.15, -0.1) is 5.10 Å². The average molecular weight is 478 g/mol. The van der Waals surface area contributed by atoms with Gasteiger partial charge >= 0.3 is 0 Å². The number of likely N-dealkylation sites (tertiary alicyclic amines) is 1. The smallest absolute Gasteiger partial charge is 0.248 e. The first-order chi connectivity index (χ1) is 16.0. The molecule has 1 aromatic heterocycles. The number of ether oxygens (including phenoxy) is 2. The standard InChI is InChI=1S/C24H39N5O5/c1-15(2)34-24(8-9-33-14-24)13-25-21(31)19-10-17(30)11-28(19)22(32)20(23(3,4)5)29-12-18(26-27-29)16-6-7-16/h12,15-17,19-20,30H,6-11,13-14H2,1-5H3,(H,25,31)/t17-,19+,20-,24?/m1/s1. The molecule has 2 amide bonds. The summed E-state index contributed by atoms with van der Waals surface area (Å²) in [7, 11) is 0. The highest BCUT2D eigenvalue weighted by molar-refractivity contribution is 5.90. The lowest BCUT2D eigenvalue weighted by atomic mass is 9.85. The van der Waals surface area contributed by atoms with Crippen LogP contribution in [0.2, 0.25) is 0 Å². The van der Waals surface area contributed by atoms with Gasteiger partial charge in [-0.05, 0) is 32.1 Å². The SMILES string of the molecule is CC(C)OC1(CNC(=O)[C@@H]2C[C@@H](O)CN2C(=O)[C@@H](n2cc(C3CC3)nn2)C(C)(C)C)CCOC1. The molecule has 3 heterocycles. The van der Waals surface area contributed by atoms with Crippen molar-refractivity contribution in [2.45, 2.75) is 96.1 Å². The summed E-state index contributed by atoms with van der Waals surface area (Å²) in [5, 5.41) is 21.9. The van der Waals surface area contributed by atoms with Crippen molar-refractivity contribution in [1.29, 1.82) is 0 Å². The van der Waals surface area contributed by atoms with Crippen LogP contribution in [-0.2, 0) is 19.1 Å². The molecule has 190 valence electrons. The third-order valence-corrected chi connectivity index (χ3v) is 6.84. The number of hydrogen-bond donors (Lipinski definition) is 2. The molecule has 2 aliphatic heterocycles. The third kappa shape index (κ3) is 5.44. The molecule has 2 N–H and O–H groups in total. The molecule has 10 heteroatoms. The van der Waals surface area contributed by atoms with E-state index >= 15 is 0 Å². The van der Waals surface area contributed by atoms with Crippen molar-refractivity contribution in [1.82, 2.24) is 25.2 Å². The van der Waals surface area contributed by atoms with Gasteiger partial charge in [0.15, 0.2) is 0 Å². The first kappa shape index (κ1) is 25.1. The van der Waals surface area contributed by atoms with Crippen LogP contribution in [0.4, 0.5) is 0 Å². The van der Waals surface area contributed by atoms with E-state index in [4.69, 9.17) is 9.47 Å². The Morgan fingerprint density at radius 1 is 1.35 bits per heavy atom. The Balaban J connectivity index is 1.49. The maximum Gasteiger partial charge on any atom is 0.248 e. The van der Waals surface area contributed by atoms with Gasteiger partial charge in [-0.3, -0.25) is 9.59 Å². The molecule has 1 aliphatic carbocycles. The lowest BCUT2D eigenvalue weighted by Gasteiger charge is -2.35. The molecule has 0 radical (unpaired) electrons. The highest BCUT2D eigenvalue weighted by Gasteiger charge is 2.46. The molecule has 0 spiro atoms. The zero-order valence-electron chi connectivity index (χ0n) is 21.0. The molecule has 0 bridgehead atoms. The third-order valence-electron chi connectivity index (χ3n) is 6.84. The number of nitrogens with one attached hydrogen (secondary N) is 1. The topological polar surface area (TPSA) is 119 Å². The van der Waals surface area contributed by atoms with Gasteiger partial charge in [-0.2, -0.15) is 0 Å². The van der Waals surface area contributed by atoms with E-state index in [2.05, 4.69) is 15.6 Å². The Morgan fingerprint density at radius 3 is 2.68 bits per heavy atom. The summed E-state index contributed by atoms with van der Waals surface area (Å²) in [5.41, 5.74) is -0.118. The van der Waals surface area contributed by atoms with Gasteiger partial charge in [0.2, 0.25) is 11.8 Å². The number of aromatic nitrogens is 3. The van der Waals surface area contributed by atoms with Crippen LogP contribution in [0.25, 0.3) is 0 Å². The molecular formula is C24H39N5O5. The number of amides is 2. The minimum atomic E-state index is -0.756. The summed E-state index contributed by atoms with van der Waals surface area (Å²) in [5.74, 6) is -0.0845. The summed E-state index contributed by atoms with van der Waals surface area (Å²) in [4.78, 5) is 28.6. The number of carbonyl (C=O) groups excluding carboxylic acids is 2. The van der Waals surface area contributed by atoms with Gasteiger partial charge in [0.1, 0.15) is 17.7 Å². The zero-order valence-corrected chi connectivity index (χ0v) is 21.0. The summed E-state index contributed by atoms with van der Waals surface area (Å²) >= 11 is 0. The van der Waals surface area contributed by atoms with Crippen molar-refractivity contribution in [2.75, 3.05) is 26.3 Å². The van der Waals surface area contributed by atoms with Gasteiger partial charge in [0.25, 0.3) is 0 Å². The number of carbonyl (C=O) groups is 2. The first-order valence-electron chi connectivity index (χ1n) is 12.4. The number of β-amino-alcohol motifs (C(OH)–C–C–N with tert-alkyl or cyclic N) is 1.